The van der Waals surface area contributed by atoms with E-state index in [0.717, 1.165) is 99.3 Å². The zero-order chi connectivity index (χ0) is 42.9. The number of halogens is 1. The zero-order valence-corrected chi connectivity index (χ0v) is 37.0. The smallest absolute Gasteiger partial charge is 0.268 e. The fourth-order valence-electron chi connectivity index (χ4n) is 8.89. The average Bonchev–Trinajstić information content (AvgIpc) is 3.72. The monoisotopic (exact) mass is 865 g/mol. The maximum Gasteiger partial charge on any atom is 0.268 e. The van der Waals surface area contributed by atoms with Crippen LogP contribution in [0.1, 0.15) is 87.2 Å². The number of piperazine rings is 1. The average molecular weight is 867 g/mol. The maximum absolute atomic E-state index is 14.0. The molecule has 0 radical (unpaired) electrons. The fraction of sp³-hybridized carbons (Fsp3) is 0.417. The summed E-state index contributed by atoms with van der Waals surface area (Å²) >= 11 is 6.25. The van der Waals surface area contributed by atoms with Crippen LogP contribution in [-0.2, 0) is 10.0 Å². The molecular weight excluding hydrogens is 810 g/mol. The fourth-order valence-corrected chi connectivity index (χ4v) is 10.1. The zero-order valence-electron chi connectivity index (χ0n) is 35.5. The molecule has 1 amide bonds. The van der Waals surface area contributed by atoms with E-state index in [-0.39, 0.29) is 21.6 Å². The molecule has 61 heavy (non-hydrogen) atoms. The van der Waals surface area contributed by atoms with Gasteiger partial charge in [-0.2, -0.15) is 5.10 Å². The molecule has 4 aromatic carbocycles. The molecule has 1 aliphatic heterocycles. The van der Waals surface area contributed by atoms with E-state index in [1.165, 1.54) is 28.8 Å². The topological polar surface area (TPSA) is 137 Å². The number of aromatic nitrogens is 2. The second kappa shape index (κ2) is 17.5. The number of carbonyl (C=O) groups is 1. The molecule has 1 saturated heterocycles. The highest BCUT2D eigenvalue weighted by molar-refractivity contribution is 7.90. The summed E-state index contributed by atoms with van der Waals surface area (Å²) in [5.74, 6) is 0.809. The van der Waals surface area contributed by atoms with Crippen LogP contribution in [0.2, 0.25) is 5.02 Å². The lowest BCUT2D eigenvalue weighted by molar-refractivity contribution is 0.00148. The first kappa shape index (κ1) is 42.8. The van der Waals surface area contributed by atoms with Crippen molar-refractivity contribution in [3.05, 3.63) is 112 Å². The molecule has 13 heteroatoms. The predicted molar refractivity (Wildman–Crippen MR) is 241 cm³/mol. The second-order valence-electron chi connectivity index (χ2n) is 18.2. The van der Waals surface area contributed by atoms with Gasteiger partial charge in [-0.25, -0.2) is 13.1 Å². The van der Waals surface area contributed by atoms with Crippen molar-refractivity contribution < 1.29 is 27.8 Å². The molecule has 3 N–H and O–H groups in total. The Morgan fingerprint density at radius 1 is 0.934 bits per heavy atom. The van der Waals surface area contributed by atoms with Crippen molar-refractivity contribution in [2.24, 2.45) is 11.3 Å². The third-order valence-electron chi connectivity index (χ3n) is 12.7. The Hall–Kier alpha value is -4.88. The van der Waals surface area contributed by atoms with Gasteiger partial charge in [-0.05, 0) is 141 Å². The highest BCUT2D eigenvalue weighted by atomic mass is 35.5. The number of benzene rings is 4. The Balaban J connectivity index is 0.981. The second-order valence-corrected chi connectivity index (χ2v) is 20.3. The van der Waals surface area contributed by atoms with Gasteiger partial charge in [0.15, 0.2) is 0 Å². The van der Waals surface area contributed by atoms with Crippen molar-refractivity contribution in [2.75, 3.05) is 44.2 Å². The van der Waals surface area contributed by atoms with Crippen molar-refractivity contribution in [1.82, 2.24) is 19.8 Å². The van der Waals surface area contributed by atoms with Gasteiger partial charge in [-0.15, -0.1) is 0 Å². The number of aromatic amines is 1. The number of nitrogens with one attached hydrogen (secondary N) is 2. The number of nitrogens with zero attached hydrogens (tertiary/aromatic N) is 3. The molecule has 0 atom stereocenters. The molecule has 8 rings (SSSR count). The van der Waals surface area contributed by atoms with Gasteiger partial charge >= 0.3 is 0 Å². The number of amides is 1. The highest BCUT2D eigenvalue weighted by Gasteiger charge is 2.31. The number of sulfonamides is 1. The van der Waals surface area contributed by atoms with Gasteiger partial charge in [0, 0.05) is 49.5 Å². The lowest BCUT2D eigenvalue weighted by atomic mass is 9.72. The van der Waals surface area contributed by atoms with Crippen molar-refractivity contribution in [2.45, 2.75) is 83.1 Å². The van der Waals surface area contributed by atoms with Crippen LogP contribution in [-0.4, -0.2) is 79.5 Å². The molecule has 322 valence electrons. The molecule has 0 spiro atoms. The van der Waals surface area contributed by atoms with E-state index in [1.54, 1.807) is 31.3 Å². The van der Waals surface area contributed by atoms with Gasteiger partial charge in [0.2, 0.25) is 0 Å². The molecular formula is C48H56ClN5O6S. The Kier molecular flexibility index (Phi) is 12.3. The lowest BCUT2D eigenvalue weighted by Crippen LogP contribution is -2.47. The number of anilines is 1. The quantitative estimate of drug-likeness (QED) is 0.112. The Bertz CT molecular complexity index is 2530. The van der Waals surface area contributed by atoms with Crippen LogP contribution < -0.4 is 19.1 Å². The van der Waals surface area contributed by atoms with E-state index in [9.17, 15) is 18.3 Å². The highest BCUT2D eigenvalue weighted by Crippen LogP contribution is 2.44. The summed E-state index contributed by atoms with van der Waals surface area (Å²) in [6.45, 7) is 13.0. The van der Waals surface area contributed by atoms with Crippen molar-refractivity contribution in [3.8, 4) is 17.2 Å². The number of hydrogen-bond donors (Lipinski definition) is 3. The molecule has 3 aliphatic rings. The number of aliphatic hydroxyl groups is 1. The van der Waals surface area contributed by atoms with E-state index < -0.39 is 21.5 Å². The number of hydrogen-bond acceptors (Lipinski definition) is 9. The summed E-state index contributed by atoms with van der Waals surface area (Å²) in [5, 5.41) is 18.9. The number of H-pyrrole nitrogens is 1. The first-order chi connectivity index (χ1) is 29.1. The number of fused-ring (bicyclic) bond motifs is 1. The Labute approximate surface area is 364 Å². The third kappa shape index (κ3) is 10.1. The molecule has 0 bridgehead atoms. The summed E-state index contributed by atoms with van der Waals surface area (Å²) in [4.78, 5) is 18.7. The van der Waals surface area contributed by atoms with E-state index >= 15 is 0 Å². The van der Waals surface area contributed by atoms with Crippen LogP contribution in [0.4, 0.5) is 5.69 Å². The number of ether oxygens (including phenoxy) is 2. The Morgan fingerprint density at radius 3 is 2.43 bits per heavy atom. The molecule has 1 aromatic heterocycles. The van der Waals surface area contributed by atoms with Gasteiger partial charge in [0.05, 0.1) is 39.8 Å². The van der Waals surface area contributed by atoms with Crippen LogP contribution in [0.5, 0.6) is 17.2 Å². The van der Waals surface area contributed by atoms with Crippen LogP contribution >= 0.6 is 11.6 Å². The van der Waals surface area contributed by atoms with Gasteiger partial charge in [-0.3, -0.25) is 14.8 Å². The molecule has 2 heterocycles. The standard InChI is InChI=1S/C48H56ClN5O6S/c1-32-26-38(13-15-43(32)59-31-33-16-20-48(4,56)21-17-33)61(57,58)52-46(55)39-14-12-37(27-45(39)60-44-7-5-6-42-41(44)29-50-51-42)54-24-22-53(23-25-54)30-35-18-19-47(2,3)28-40(35)34-8-10-36(49)11-9-34/h5-15,26-27,29,33,56H,16-25,28,30-31H2,1-4H3,(H,50,51)(H,52,55)/t33-,48+. The lowest BCUT2D eigenvalue weighted by Gasteiger charge is -2.39. The van der Waals surface area contributed by atoms with Crippen LogP contribution in [0.25, 0.3) is 16.5 Å². The molecule has 5 aromatic rings. The summed E-state index contributed by atoms with van der Waals surface area (Å²) in [6.07, 6.45) is 8.13. The minimum atomic E-state index is -4.27. The van der Waals surface area contributed by atoms with Crippen LogP contribution in [0.15, 0.2) is 95.5 Å². The third-order valence-corrected chi connectivity index (χ3v) is 14.3. The summed E-state index contributed by atoms with van der Waals surface area (Å²) in [7, 11) is -4.27. The molecule has 0 unspecified atom stereocenters. The number of aryl methyl sites for hydroxylation is 1. The normalized spacial score (nSPS) is 21.1. The first-order valence-electron chi connectivity index (χ1n) is 21.3. The molecule has 11 nitrogen and oxygen atoms in total. The summed E-state index contributed by atoms with van der Waals surface area (Å²) in [5.41, 5.74) is 6.16. The summed E-state index contributed by atoms with van der Waals surface area (Å²) in [6, 6.07) is 23.7. The number of allylic oxidation sites excluding steroid dienone is 1. The SMILES string of the molecule is Cc1cc(S(=O)(=O)NC(=O)c2ccc(N3CCN(CC4=C(c5ccc(Cl)cc5)CC(C)(C)CC4)CC3)cc2Oc2cccc3[nH]ncc23)ccc1OC[C@H]1CC[C@@](C)(O)CC1. The van der Waals surface area contributed by atoms with Crippen LogP contribution in [0.3, 0.4) is 0 Å². The first-order valence-corrected chi connectivity index (χ1v) is 23.2. The van der Waals surface area contributed by atoms with E-state index in [2.05, 4.69) is 50.7 Å². The maximum atomic E-state index is 14.0. The van der Waals surface area contributed by atoms with E-state index in [0.29, 0.717) is 29.6 Å². The summed E-state index contributed by atoms with van der Waals surface area (Å²) < 4.78 is 42.3. The number of carbonyl (C=O) groups excluding carboxylic acids is 1. The minimum absolute atomic E-state index is 0.0486. The predicted octanol–water partition coefficient (Wildman–Crippen LogP) is 9.54. The van der Waals surface area contributed by atoms with Gasteiger partial charge in [-0.1, -0.05) is 49.2 Å². The molecule has 2 fully saturated rings. The van der Waals surface area contributed by atoms with Crippen molar-refractivity contribution in [3.63, 3.8) is 0 Å². The largest absolute Gasteiger partial charge is 0.493 e. The van der Waals surface area contributed by atoms with Gasteiger partial charge in [0.25, 0.3) is 15.9 Å². The van der Waals surface area contributed by atoms with Crippen LogP contribution in [0, 0.1) is 18.3 Å². The van der Waals surface area contributed by atoms with Crippen molar-refractivity contribution >= 4 is 49.7 Å². The van der Waals surface area contributed by atoms with Gasteiger partial charge in [0.1, 0.15) is 17.2 Å². The Morgan fingerprint density at radius 2 is 1.69 bits per heavy atom. The van der Waals surface area contributed by atoms with E-state index in [1.807, 2.05) is 43.3 Å². The minimum Gasteiger partial charge on any atom is -0.493 e. The van der Waals surface area contributed by atoms with Gasteiger partial charge < -0.3 is 19.5 Å². The van der Waals surface area contributed by atoms with Crippen molar-refractivity contribution in [1.29, 1.82) is 0 Å². The molecule has 2 aliphatic carbocycles. The van der Waals surface area contributed by atoms with E-state index in [4.69, 9.17) is 21.1 Å². The molecule has 1 saturated carbocycles. The number of rotatable bonds is 12.